The van der Waals surface area contributed by atoms with E-state index in [-0.39, 0.29) is 30.0 Å². The van der Waals surface area contributed by atoms with Crippen molar-refractivity contribution < 1.29 is 24.9 Å². The Morgan fingerprint density at radius 1 is 1.00 bits per heavy atom. The van der Waals surface area contributed by atoms with Crippen molar-refractivity contribution in [2.75, 3.05) is 6.54 Å². The van der Waals surface area contributed by atoms with Crippen molar-refractivity contribution in [3.05, 3.63) is 0 Å². The van der Waals surface area contributed by atoms with E-state index in [0.29, 0.717) is 0 Å². The molecule has 1 saturated heterocycles. The van der Waals surface area contributed by atoms with E-state index < -0.39 is 11.9 Å². The fourth-order valence-corrected chi connectivity index (χ4v) is 3.34. The molecule has 1 aliphatic rings. The first-order valence-corrected chi connectivity index (χ1v) is 7.31. The third kappa shape index (κ3) is 6.91. The van der Waals surface area contributed by atoms with E-state index in [9.17, 15) is 14.7 Å². The van der Waals surface area contributed by atoms with Gasteiger partial charge in [0.2, 0.25) is 0 Å². The van der Waals surface area contributed by atoms with Gasteiger partial charge in [-0.15, -0.1) is 0 Å². The van der Waals surface area contributed by atoms with Gasteiger partial charge in [0.15, 0.2) is 0 Å². The molecule has 0 amide bonds. The second kappa shape index (κ2) is 7.75. The fourth-order valence-electron chi connectivity index (χ4n) is 3.34. The number of hydrogen-bond acceptors (Lipinski definition) is 4. The molecule has 0 atom stereocenters. The smallest absolute Gasteiger partial charge is 0.303 e. The highest BCUT2D eigenvalue weighted by Gasteiger charge is 2.43. The zero-order valence-electron chi connectivity index (χ0n) is 13.7. The molecule has 1 fully saturated rings. The third-order valence-electron chi connectivity index (χ3n) is 3.80. The van der Waals surface area contributed by atoms with Crippen LogP contribution in [0.25, 0.3) is 0 Å². The first-order chi connectivity index (χ1) is 9.42. The lowest BCUT2D eigenvalue weighted by Gasteiger charge is -2.54. The number of carbonyl (C=O) groups is 2. The molecule has 0 saturated carbocycles. The summed E-state index contributed by atoms with van der Waals surface area (Å²) in [7, 11) is 0. The molecule has 0 aromatic carbocycles. The van der Waals surface area contributed by atoms with Gasteiger partial charge in [0.05, 0.1) is 18.9 Å². The minimum Gasteiger partial charge on any atom is -0.481 e. The number of hydrogen-bond donors (Lipinski definition) is 3. The molecule has 1 rings (SSSR count). The average molecular weight is 303 g/mol. The summed E-state index contributed by atoms with van der Waals surface area (Å²) in [5.41, 5.74) is 0.270. The Hall–Kier alpha value is -1.14. The van der Waals surface area contributed by atoms with Crippen LogP contribution in [-0.4, -0.2) is 55.9 Å². The van der Waals surface area contributed by atoms with Crippen molar-refractivity contribution in [1.29, 1.82) is 0 Å². The zero-order chi connectivity index (χ0) is 16.8. The summed E-state index contributed by atoms with van der Waals surface area (Å²) in [6.07, 6.45) is 1.06. The Morgan fingerprint density at radius 3 is 1.57 bits per heavy atom. The number of piperidine rings is 1. The molecular formula is C15H29NO5. The zero-order valence-corrected chi connectivity index (χ0v) is 13.7. The van der Waals surface area contributed by atoms with Crippen molar-refractivity contribution in [3.63, 3.8) is 0 Å². The summed E-state index contributed by atoms with van der Waals surface area (Å²) in [6, 6.07) is 0. The van der Waals surface area contributed by atoms with Crippen LogP contribution in [0, 0.1) is 0 Å². The van der Waals surface area contributed by atoms with Crippen LogP contribution in [0.4, 0.5) is 0 Å². The van der Waals surface area contributed by atoms with E-state index >= 15 is 0 Å². The lowest BCUT2D eigenvalue weighted by atomic mass is 9.78. The van der Waals surface area contributed by atoms with Gasteiger partial charge in [-0.2, -0.15) is 0 Å². The van der Waals surface area contributed by atoms with E-state index in [1.54, 1.807) is 0 Å². The highest BCUT2D eigenvalue weighted by molar-refractivity contribution is 5.75. The molecular weight excluding hydrogens is 274 g/mol. The maximum absolute atomic E-state index is 9.77. The predicted molar refractivity (Wildman–Crippen MR) is 80.3 cm³/mol. The van der Waals surface area contributed by atoms with Crippen molar-refractivity contribution in [2.45, 2.75) is 77.5 Å². The van der Waals surface area contributed by atoms with Crippen LogP contribution in [0.5, 0.6) is 0 Å². The Morgan fingerprint density at radius 2 is 1.33 bits per heavy atom. The molecule has 6 nitrogen and oxygen atoms in total. The molecule has 0 aromatic rings. The highest BCUT2D eigenvalue weighted by atomic mass is 16.4. The molecule has 0 spiro atoms. The third-order valence-corrected chi connectivity index (χ3v) is 3.80. The summed E-state index contributed by atoms with van der Waals surface area (Å²) in [4.78, 5) is 21.8. The van der Waals surface area contributed by atoms with Crippen LogP contribution < -0.4 is 0 Å². The molecule has 0 bridgehead atoms. The number of aliphatic carboxylic acids is 2. The molecule has 1 heterocycles. The van der Waals surface area contributed by atoms with Crippen LogP contribution >= 0.6 is 0 Å². The van der Waals surface area contributed by atoms with Crippen molar-refractivity contribution in [1.82, 2.24) is 4.90 Å². The van der Waals surface area contributed by atoms with Gasteiger partial charge < -0.3 is 15.3 Å². The van der Waals surface area contributed by atoms with E-state index in [1.165, 1.54) is 0 Å². The van der Waals surface area contributed by atoms with Crippen molar-refractivity contribution in [3.8, 4) is 0 Å². The minimum atomic E-state index is -1.08. The molecule has 124 valence electrons. The largest absolute Gasteiger partial charge is 0.481 e. The molecule has 0 aliphatic carbocycles. The topological polar surface area (TPSA) is 98.1 Å². The molecule has 3 N–H and O–H groups in total. The van der Waals surface area contributed by atoms with E-state index in [2.05, 4.69) is 39.5 Å². The molecule has 0 unspecified atom stereocenters. The average Bonchev–Trinajstić information content (AvgIpc) is 2.23. The number of carboxylic acid groups (broad SMARTS) is 2. The van der Waals surface area contributed by atoms with Gasteiger partial charge in [-0.3, -0.25) is 14.5 Å². The van der Waals surface area contributed by atoms with Gasteiger partial charge >= 0.3 is 11.9 Å². The number of rotatable bonds is 4. The Kier molecular flexibility index (Phi) is 7.33. The standard InChI is InChI=1S/C11H23NO.C4H6O4/c1-6-12-10(2,3)7-9(13)8-11(12,4)5;5-3(6)1-2-4(7)8/h9,13H,6-8H2,1-5H3;1-2H2,(H,5,6)(H,7,8). The molecule has 21 heavy (non-hydrogen) atoms. The summed E-state index contributed by atoms with van der Waals surface area (Å²) in [5.74, 6) is -2.15. The predicted octanol–water partition coefficient (Wildman–Crippen LogP) is 1.96. The van der Waals surface area contributed by atoms with Crippen LogP contribution in [0.2, 0.25) is 0 Å². The number of nitrogens with zero attached hydrogens (tertiary/aromatic N) is 1. The fraction of sp³-hybridized carbons (Fsp3) is 0.867. The van der Waals surface area contributed by atoms with Crippen LogP contribution in [0.15, 0.2) is 0 Å². The number of carboxylic acids is 2. The second-order valence-corrected chi connectivity index (χ2v) is 6.72. The number of aliphatic hydroxyl groups excluding tert-OH is 1. The SMILES string of the molecule is CCN1C(C)(C)CC(O)CC1(C)C.O=C(O)CCC(=O)O. The van der Waals surface area contributed by atoms with E-state index in [1.807, 2.05) is 0 Å². The van der Waals surface area contributed by atoms with Crippen LogP contribution in [0.1, 0.15) is 60.3 Å². The van der Waals surface area contributed by atoms with Crippen molar-refractivity contribution in [2.24, 2.45) is 0 Å². The normalized spacial score (nSPS) is 21.2. The monoisotopic (exact) mass is 303 g/mol. The van der Waals surface area contributed by atoms with Gasteiger partial charge in [0.1, 0.15) is 0 Å². The van der Waals surface area contributed by atoms with Crippen LogP contribution in [0.3, 0.4) is 0 Å². The summed E-state index contributed by atoms with van der Waals surface area (Å²) < 4.78 is 0. The maximum Gasteiger partial charge on any atom is 0.303 e. The molecule has 0 radical (unpaired) electrons. The Bertz CT molecular complexity index is 333. The van der Waals surface area contributed by atoms with E-state index in [4.69, 9.17) is 10.2 Å². The maximum atomic E-state index is 9.77. The summed E-state index contributed by atoms with van der Waals surface area (Å²) >= 11 is 0. The van der Waals surface area contributed by atoms with E-state index in [0.717, 1.165) is 19.4 Å². The van der Waals surface area contributed by atoms with Crippen molar-refractivity contribution >= 4 is 11.9 Å². The van der Waals surface area contributed by atoms with Gasteiger partial charge in [-0.1, -0.05) is 6.92 Å². The minimum absolute atomic E-state index is 0.132. The Labute approximate surface area is 126 Å². The van der Waals surface area contributed by atoms with Gasteiger partial charge in [0.25, 0.3) is 0 Å². The van der Waals surface area contributed by atoms with Crippen LogP contribution in [-0.2, 0) is 9.59 Å². The molecule has 0 aromatic heterocycles. The van der Waals surface area contributed by atoms with Gasteiger partial charge in [-0.25, -0.2) is 0 Å². The second-order valence-electron chi connectivity index (χ2n) is 6.72. The first-order valence-electron chi connectivity index (χ1n) is 7.31. The van der Waals surface area contributed by atoms with Gasteiger partial charge in [0, 0.05) is 11.1 Å². The Balaban J connectivity index is 0.000000433. The lowest BCUT2D eigenvalue weighted by molar-refractivity contribution is -0.143. The highest BCUT2D eigenvalue weighted by Crippen LogP contribution is 2.37. The number of likely N-dealkylation sites (tertiary alicyclic amines) is 1. The quantitative estimate of drug-likeness (QED) is 0.734. The lowest BCUT2D eigenvalue weighted by Crippen LogP contribution is -2.61. The number of aliphatic hydroxyl groups is 1. The van der Waals surface area contributed by atoms with Gasteiger partial charge in [-0.05, 0) is 47.1 Å². The first kappa shape index (κ1) is 19.9. The summed E-state index contributed by atoms with van der Waals surface area (Å²) in [6.45, 7) is 12.1. The summed E-state index contributed by atoms with van der Waals surface area (Å²) in [5, 5.41) is 25.6. The molecule has 1 aliphatic heterocycles. The molecule has 6 heteroatoms.